The largest absolute Gasteiger partial charge is 0.380 e. The van der Waals surface area contributed by atoms with E-state index in [1.807, 2.05) is 12.2 Å². The van der Waals surface area contributed by atoms with Crippen molar-refractivity contribution in [1.82, 2.24) is 9.78 Å². The van der Waals surface area contributed by atoms with Gasteiger partial charge in [0.25, 0.3) is 5.56 Å². The Morgan fingerprint density at radius 1 is 1.58 bits per heavy atom. The first kappa shape index (κ1) is 14.1. The molecular formula is C13H19N3O2S. The van der Waals surface area contributed by atoms with E-state index in [0.717, 1.165) is 25.2 Å². The van der Waals surface area contributed by atoms with Crippen LogP contribution in [0, 0.1) is 0 Å². The predicted octanol–water partition coefficient (Wildman–Crippen LogP) is 0.954. The van der Waals surface area contributed by atoms with Gasteiger partial charge in [-0.1, -0.05) is 12.2 Å². The lowest BCUT2D eigenvalue weighted by atomic mass is 10.3. The predicted molar refractivity (Wildman–Crippen MR) is 79.1 cm³/mol. The second-order valence-electron chi connectivity index (χ2n) is 4.48. The summed E-state index contributed by atoms with van der Waals surface area (Å²) in [6.07, 6.45) is 6.77. The van der Waals surface area contributed by atoms with Gasteiger partial charge in [-0.15, -0.1) is 0 Å². The number of methoxy groups -OCH3 is 1. The van der Waals surface area contributed by atoms with Gasteiger partial charge in [-0.3, -0.25) is 4.79 Å². The molecule has 1 atom stereocenters. The Bertz CT molecular complexity index is 501. The Balaban J connectivity index is 2.07. The van der Waals surface area contributed by atoms with Crippen LogP contribution in [0.4, 0.5) is 5.69 Å². The fraction of sp³-hybridized carbons (Fsp3) is 0.538. The molecule has 2 heterocycles. The molecule has 104 valence electrons. The number of allylic oxidation sites excluding steroid dienone is 1. The Kier molecular flexibility index (Phi) is 5.04. The molecule has 5 nitrogen and oxygen atoms in total. The molecule has 0 N–H and O–H groups in total. The zero-order valence-electron chi connectivity index (χ0n) is 11.0. The number of thiol groups is 1. The second kappa shape index (κ2) is 6.77. The Morgan fingerprint density at radius 3 is 3.05 bits per heavy atom. The highest BCUT2D eigenvalue weighted by atomic mass is 32.1. The molecule has 0 bridgehead atoms. The van der Waals surface area contributed by atoms with Crippen LogP contribution in [0.25, 0.3) is 0 Å². The van der Waals surface area contributed by atoms with Gasteiger partial charge in [-0.2, -0.15) is 17.7 Å². The minimum Gasteiger partial charge on any atom is -0.380 e. The van der Waals surface area contributed by atoms with Crippen LogP contribution in [0.5, 0.6) is 0 Å². The topological polar surface area (TPSA) is 47.4 Å². The minimum absolute atomic E-state index is 0.0813. The molecule has 0 amide bonds. The highest BCUT2D eigenvalue weighted by molar-refractivity contribution is 7.80. The molecule has 0 aromatic carbocycles. The van der Waals surface area contributed by atoms with Crippen LogP contribution in [0.15, 0.2) is 29.2 Å². The molecule has 1 aromatic heterocycles. The molecule has 1 unspecified atom stereocenters. The molecule has 0 radical (unpaired) electrons. The maximum Gasteiger partial charge on any atom is 0.269 e. The van der Waals surface area contributed by atoms with E-state index in [1.165, 1.54) is 4.68 Å². The van der Waals surface area contributed by atoms with Gasteiger partial charge >= 0.3 is 0 Å². The van der Waals surface area contributed by atoms with Crippen molar-refractivity contribution in [3.8, 4) is 0 Å². The summed E-state index contributed by atoms with van der Waals surface area (Å²) in [7, 11) is 1.72. The van der Waals surface area contributed by atoms with Crippen molar-refractivity contribution in [1.29, 1.82) is 0 Å². The van der Waals surface area contributed by atoms with Gasteiger partial charge in [0.2, 0.25) is 0 Å². The van der Waals surface area contributed by atoms with E-state index in [0.29, 0.717) is 12.3 Å². The van der Waals surface area contributed by atoms with Crippen LogP contribution < -0.4 is 10.5 Å². The summed E-state index contributed by atoms with van der Waals surface area (Å²) >= 11 is 4.07. The minimum atomic E-state index is -0.0813. The van der Waals surface area contributed by atoms with Gasteiger partial charge in [0.05, 0.1) is 24.5 Å². The molecule has 19 heavy (non-hydrogen) atoms. The van der Waals surface area contributed by atoms with Crippen molar-refractivity contribution < 1.29 is 4.74 Å². The number of ether oxygens (including phenoxy) is 1. The first-order chi connectivity index (χ1) is 9.24. The van der Waals surface area contributed by atoms with Crippen LogP contribution in [0.1, 0.15) is 6.42 Å². The summed E-state index contributed by atoms with van der Waals surface area (Å²) in [6.45, 7) is 2.21. The third-order valence-corrected chi connectivity index (χ3v) is 3.46. The lowest BCUT2D eigenvalue weighted by Crippen LogP contribution is -2.27. The first-order valence-corrected chi connectivity index (χ1v) is 6.98. The summed E-state index contributed by atoms with van der Waals surface area (Å²) in [5.41, 5.74) is 0.793. The van der Waals surface area contributed by atoms with E-state index in [1.54, 1.807) is 19.4 Å². The van der Waals surface area contributed by atoms with E-state index in [2.05, 4.69) is 22.6 Å². The Morgan fingerprint density at radius 2 is 2.42 bits per heavy atom. The van der Waals surface area contributed by atoms with Crippen LogP contribution in [-0.4, -0.2) is 41.8 Å². The molecule has 0 aliphatic carbocycles. The maximum absolute atomic E-state index is 11.9. The van der Waals surface area contributed by atoms with Crippen molar-refractivity contribution in [3.63, 3.8) is 0 Å². The Hall–Kier alpha value is -1.27. The number of hydrogen-bond acceptors (Lipinski definition) is 5. The highest BCUT2D eigenvalue weighted by Gasteiger charge is 2.22. The molecule has 1 saturated heterocycles. The monoisotopic (exact) mass is 281 g/mol. The fourth-order valence-electron chi connectivity index (χ4n) is 2.14. The Labute approximate surface area is 118 Å². The van der Waals surface area contributed by atoms with Crippen molar-refractivity contribution in [2.45, 2.75) is 19.1 Å². The normalized spacial score (nSPS) is 19.5. The quantitative estimate of drug-likeness (QED) is 0.645. The standard InChI is InChI=1S/C13H19N3O2S/c1-18-12-4-6-15(10-12)11-8-13(17)16(14-9-11)5-2-3-7-19/h2-3,8-9,12,19H,4-7,10H2,1H3/b3-2+. The average molecular weight is 281 g/mol. The average Bonchev–Trinajstić information content (AvgIpc) is 2.89. The van der Waals surface area contributed by atoms with Crippen LogP contribution >= 0.6 is 12.6 Å². The third-order valence-electron chi connectivity index (χ3n) is 3.25. The fourth-order valence-corrected chi connectivity index (χ4v) is 2.29. The molecule has 1 fully saturated rings. The van der Waals surface area contributed by atoms with Crippen LogP contribution in [-0.2, 0) is 11.3 Å². The van der Waals surface area contributed by atoms with Gasteiger partial charge in [0, 0.05) is 32.0 Å². The summed E-state index contributed by atoms with van der Waals surface area (Å²) in [5, 5.41) is 4.19. The molecule has 2 rings (SSSR count). The molecule has 1 aliphatic rings. The molecule has 0 saturated carbocycles. The van der Waals surface area contributed by atoms with Crippen molar-refractivity contribution in [3.05, 3.63) is 34.8 Å². The van der Waals surface area contributed by atoms with Crippen molar-refractivity contribution in [2.75, 3.05) is 30.9 Å². The molecule has 1 aliphatic heterocycles. The molecule has 0 spiro atoms. The van der Waals surface area contributed by atoms with E-state index < -0.39 is 0 Å². The van der Waals surface area contributed by atoms with Gasteiger partial charge in [-0.25, -0.2) is 4.68 Å². The van der Waals surface area contributed by atoms with Gasteiger partial charge < -0.3 is 9.64 Å². The van der Waals surface area contributed by atoms with Gasteiger partial charge in [-0.05, 0) is 6.42 Å². The number of nitrogens with zero attached hydrogens (tertiary/aromatic N) is 3. The lowest BCUT2D eigenvalue weighted by molar-refractivity contribution is 0.121. The van der Waals surface area contributed by atoms with Crippen molar-refractivity contribution in [2.24, 2.45) is 0 Å². The molecule has 1 aromatic rings. The number of aromatic nitrogens is 2. The zero-order valence-corrected chi connectivity index (χ0v) is 11.9. The molecule has 6 heteroatoms. The van der Waals surface area contributed by atoms with Crippen LogP contribution in [0.3, 0.4) is 0 Å². The van der Waals surface area contributed by atoms with E-state index in [4.69, 9.17) is 4.74 Å². The van der Waals surface area contributed by atoms with Gasteiger partial charge in [0.15, 0.2) is 0 Å². The van der Waals surface area contributed by atoms with E-state index in [9.17, 15) is 4.79 Å². The van der Waals surface area contributed by atoms with Gasteiger partial charge in [0.1, 0.15) is 0 Å². The van der Waals surface area contributed by atoms with E-state index in [-0.39, 0.29) is 11.7 Å². The SMILES string of the molecule is COC1CCN(c2cnn(C/C=C/CS)c(=O)c2)C1. The lowest BCUT2D eigenvalue weighted by Gasteiger charge is -2.17. The van der Waals surface area contributed by atoms with E-state index >= 15 is 0 Å². The third kappa shape index (κ3) is 3.61. The van der Waals surface area contributed by atoms with Crippen molar-refractivity contribution >= 4 is 18.3 Å². The maximum atomic E-state index is 11.9. The second-order valence-corrected chi connectivity index (χ2v) is 4.85. The molecular weight excluding hydrogens is 262 g/mol. The zero-order chi connectivity index (χ0) is 13.7. The summed E-state index contributed by atoms with van der Waals surface area (Å²) in [4.78, 5) is 14.1. The summed E-state index contributed by atoms with van der Waals surface area (Å²) < 4.78 is 6.76. The number of rotatable bonds is 5. The number of anilines is 1. The summed E-state index contributed by atoms with van der Waals surface area (Å²) in [6, 6.07) is 1.64. The first-order valence-electron chi connectivity index (χ1n) is 6.35. The van der Waals surface area contributed by atoms with Crippen LogP contribution in [0.2, 0.25) is 0 Å². The highest BCUT2D eigenvalue weighted by Crippen LogP contribution is 2.19. The summed E-state index contributed by atoms with van der Waals surface area (Å²) in [5.74, 6) is 0.666. The number of hydrogen-bond donors (Lipinski definition) is 1. The smallest absolute Gasteiger partial charge is 0.269 e.